The number of nitrogens with zero attached hydrogens (tertiary/aromatic N) is 3. The van der Waals surface area contributed by atoms with E-state index < -0.39 is 5.60 Å². The van der Waals surface area contributed by atoms with Crippen LogP contribution >= 0.6 is 24.0 Å². The summed E-state index contributed by atoms with van der Waals surface area (Å²) in [6.45, 7) is 13.2. The molecule has 0 aliphatic carbocycles. The van der Waals surface area contributed by atoms with E-state index >= 15 is 0 Å². The number of aromatic nitrogens is 1. The number of halogens is 1. The molecule has 0 bridgehead atoms. The maximum atomic E-state index is 10.7. The Morgan fingerprint density at radius 1 is 1.17 bits per heavy atom. The van der Waals surface area contributed by atoms with Crippen molar-refractivity contribution in [2.24, 2.45) is 4.99 Å². The van der Waals surface area contributed by atoms with Gasteiger partial charge >= 0.3 is 0 Å². The van der Waals surface area contributed by atoms with Crippen molar-refractivity contribution in [1.82, 2.24) is 15.6 Å². The van der Waals surface area contributed by atoms with Crippen LogP contribution in [-0.2, 0) is 12.1 Å². The molecule has 0 fully saturated rings. The summed E-state index contributed by atoms with van der Waals surface area (Å²) in [6.07, 6.45) is 1.86. The number of rotatable bonds is 9. The molecular formula is C21H34IN5O2. The van der Waals surface area contributed by atoms with Crippen LogP contribution in [0.5, 0.6) is 0 Å². The Morgan fingerprint density at radius 2 is 1.90 bits per heavy atom. The van der Waals surface area contributed by atoms with Crippen molar-refractivity contribution in [3.05, 3.63) is 47.5 Å². The molecule has 0 radical (unpaired) electrons. The Morgan fingerprint density at radius 3 is 2.41 bits per heavy atom. The first-order valence-electron chi connectivity index (χ1n) is 9.91. The fourth-order valence-corrected chi connectivity index (χ4v) is 2.82. The van der Waals surface area contributed by atoms with Crippen molar-refractivity contribution < 1.29 is 9.52 Å². The molecule has 2 rings (SSSR count). The minimum atomic E-state index is -1.13. The number of hydrogen-bond donors (Lipinski definition) is 3. The van der Waals surface area contributed by atoms with Crippen molar-refractivity contribution in [3.8, 4) is 0 Å². The van der Waals surface area contributed by atoms with Gasteiger partial charge in [-0.05, 0) is 58.4 Å². The number of anilines is 1. The van der Waals surface area contributed by atoms with Crippen LogP contribution in [0.15, 0.2) is 39.9 Å². The third kappa shape index (κ3) is 7.50. The quantitative estimate of drug-likeness (QED) is 0.270. The number of hydrogen-bond acceptors (Lipinski definition) is 5. The van der Waals surface area contributed by atoms with Crippen LogP contribution < -0.4 is 15.5 Å². The summed E-state index contributed by atoms with van der Waals surface area (Å²) in [7, 11) is 0. The lowest BCUT2D eigenvalue weighted by atomic mass is 10.0. The molecule has 0 saturated carbocycles. The Bertz CT molecular complexity index is 755. The van der Waals surface area contributed by atoms with Crippen LogP contribution in [0.4, 0.5) is 5.82 Å². The molecule has 0 spiro atoms. The zero-order valence-corrected chi connectivity index (χ0v) is 20.4. The molecule has 0 aliphatic heterocycles. The van der Waals surface area contributed by atoms with Crippen molar-refractivity contribution in [3.63, 3.8) is 0 Å². The minimum absolute atomic E-state index is 0. The third-order valence-corrected chi connectivity index (χ3v) is 4.53. The maximum Gasteiger partial charge on any atom is 0.191 e. The molecule has 8 heteroatoms. The van der Waals surface area contributed by atoms with Gasteiger partial charge in [-0.1, -0.05) is 6.07 Å². The average molecular weight is 515 g/mol. The predicted octanol–water partition coefficient (Wildman–Crippen LogP) is 3.41. The molecule has 0 aliphatic rings. The summed E-state index contributed by atoms with van der Waals surface area (Å²) in [5.41, 5.74) is -0.0984. The van der Waals surface area contributed by atoms with Gasteiger partial charge in [0, 0.05) is 25.8 Å². The summed E-state index contributed by atoms with van der Waals surface area (Å²) < 4.78 is 5.56. The SMILES string of the molecule is CCNC(=NCc1ccc(N(CC)CC)nc1)NCC(C)(O)c1ccc(C)o1.I. The molecule has 0 amide bonds. The number of aryl methyl sites for hydroxylation is 1. The first-order chi connectivity index (χ1) is 13.4. The number of aliphatic imine (C=N–C) groups is 1. The van der Waals surface area contributed by atoms with E-state index in [1.165, 1.54) is 0 Å². The molecular weight excluding hydrogens is 481 g/mol. The second-order valence-electron chi connectivity index (χ2n) is 6.93. The Balaban J connectivity index is 0.00000420. The van der Waals surface area contributed by atoms with Crippen LogP contribution in [0, 0.1) is 6.92 Å². The highest BCUT2D eigenvalue weighted by Crippen LogP contribution is 2.21. The van der Waals surface area contributed by atoms with Crippen LogP contribution in [0.3, 0.4) is 0 Å². The van der Waals surface area contributed by atoms with E-state index in [1.54, 1.807) is 13.0 Å². The van der Waals surface area contributed by atoms with Gasteiger partial charge in [0.05, 0.1) is 13.1 Å². The van der Waals surface area contributed by atoms with Gasteiger partial charge in [0.15, 0.2) is 5.96 Å². The molecule has 7 nitrogen and oxygen atoms in total. The predicted molar refractivity (Wildman–Crippen MR) is 129 cm³/mol. The van der Waals surface area contributed by atoms with Gasteiger partial charge in [-0.2, -0.15) is 0 Å². The number of nitrogens with one attached hydrogen (secondary N) is 2. The largest absolute Gasteiger partial charge is 0.463 e. The van der Waals surface area contributed by atoms with Crippen molar-refractivity contribution in [2.45, 2.75) is 46.8 Å². The van der Waals surface area contributed by atoms with Crippen molar-refractivity contribution in [1.29, 1.82) is 0 Å². The van der Waals surface area contributed by atoms with E-state index in [0.29, 0.717) is 18.3 Å². The van der Waals surface area contributed by atoms with Crippen molar-refractivity contribution >= 4 is 35.8 Å². The highest BCUT2D eigenvalue weighted by molar-refractivity contribution is 14.0. The normalized spacial score (nSPS) is 13.4. The Hall–Kier alpha value is -1.81. The molecule has 1 unspecified atom stereocenters. The standard InChI is InChI=1S/C21H33N5O2.HI/c1-6-22-20(25-15-21(5,27)18-11-9-16(4)28-18)24-14-17-10-12-19(23-13-17)26(7-2)8-3;/h9-13,27H,6-8,14-15H2,1-5H3,(H2,22,24,25);1H. The fourth-order valence-electron chi connectivity index (χ4n) is 2.82. The molecule has 0 saturated heterocycles. The summed E-state index contributed by atoms with van der Waals surface area (Å²) in [5, 5.41) is 17.1. The lowest BCUT2D eigenvalue weighted by molar-refractivity contribution is 0.0378. The van der Waals surface area contributed by atoms with Gasteiger partial charge < -0.3 is 25.1 Å². The van der Waals surface area contributed by atoms with Crippen LogP contribution in [-0.4, -0.2) is 42.2 Å². The Labute approximate surface area is 191 Å². The van der Waals surface area contributed by atoms with E-state index in [0.717, 1.165) is 36.8 Å². The average Bonchev–Trinajstić information content (AvgIpc) is 3.13. The fraction of sp³-hybridized carbons (Fsp3) is 0.524. The zero-order chi connectivity index (χ0) is 20.6. The molecule has 162 valence electrons. The lowest BCUT2D eigenvalue weighted by Crippen LogP contribution is -2.44. The monoisotopic (exact) mass is 515 g/mol. The van der Waals surface area contributed by atoms with Gasteiger partial charge in [0.1, 0.15) is 22.9 Å². The zero-order valence-electron chi connectivity index (χ0n) is 18.0. The molecule has 2 aromatic heterocycles. The van der Waals surface area contributed by atoms with E-state index in [2.05, 4.69) is 45.4 Å². The topological polar surface area (TPSA) is 85.9 Å². The summed E-state index contributed by atoms with van der Waals surface area (Å²) in [4.78, 5) is 11.3. The first-order valence-corrected chi connectivity index (χ1v) is 9.91. The molecule has 1 atom stereocenters. The highest BCUT2D eigenvalue weighted by Gasteiger charge is 2.27. The number of pyridine rings is 1. The molecule has 2 heterocycles. The molecule has 2 aromatic rings. The smallest absolute Gasteiger partial charge is 0.191 e. The maximum absolute atomic E-state index is 10.7. The van der Waals surface area contributed by atoms with Crippen molar-refractivity contribution in [2.75, 3.05) is 31.1 Å². The number of guanidine groups is 1. The van der Waals surface area contributed by atoms with Gasteiger partial charge in [0.25, 0.3) is 0 Å². The van der Waals surface area contributed by atoms with Crippen LogP contribution in [0.25, 0.3) is 0 Å². The van der Waals surface area contributed by atoms with Gasteiger partial charge in [-0.15, -0.1) is 24.0 Å². The Kier molecular flexibility index (Phi) is 10.5. The van der Waals surface area contributed by atoms with Crippen LogP contribution in [0.1, 0.15) is 44.8 Å². The van der Waals surface area contributed by atoms with Crippen LogP contribution in [0.2, 0.25) is 0 Å². The summed E-state index contributed by atoms with van der Waals surface area (Å²) >= 11 is 0. The lowest BCUT2D eigenvalue weighted by Gasteiger charge is -2.23. The molecule has 29 heavy (non-hydrogen) atoms. The second-order valence-corrected chi connectivity index (χ2v) is 6.93. The summed E-state index contributed by atoms with van der Waals surface area (Å²) in [5.74, 6) is 2.92. The van der Waals surface area contributed by atoms with Gasteiger partial charge in [0.2, 0.25) is 0 Å². The van der Waals surface area contributed by atoms with E-state index in [-0.39, 0.29) is 30.5 Å². The molecule has 0 aromatic carbocycles. The molecule has 3 N–H and O–H groups in total. The first kappa shape index (κ1) is 25.2. The van der Waals surface area contributed by atoms with E-state index in [9.17, 15) is 5.11 Å². The second kappa shape index (κ2) is 12.0. The number of furan rings is 1. The van der Waals surface area contributed by atoms with Gasteiger partial charge in [-0.3, -0.25) is 0 Å². The van der Waals surface area contributed by atoms with E-state index in [1.807, 2.05) is 32.2 Å². The number of aliphatic hydroxyl groups is 1. The van der Waals surface area contributed by atoms with Gasteiger partial charge in [-0.25, -0.2) is 9.98 Å². The third-order valence-electron chi connectivity index (χ3n) is 4.53. The summed E-state index contributed by atoms with van der Waals surface area (Å²) in [6, 6.07) is 7.72. The minimum Gasteiger partial charge on any atom is -0.463 e. The van der Waals surface area contributed by atoms with E-state index in [4.69, 9.17) is 4.42 Å². The highest BCUT2D eigenvalue weighted by atomic mass is 127.